The zero-order chi connectivity index (χ0) is 7.70. The van der Waals surface area contributed by atoms with Gasteiger partial charge in [0.2, 0.25) is 0 Å². The zero-order valence-electron chi connectivity index (χ0n) is 5.85. The molecule has 0 aliphatic carbocycles. The molecule has 0 heterocycles. The summed E-state index contributed by atoms with van der Waals surface area (Å²) in [6.07, 6.45) is 0.987. The van der Waals surface area contributed by atoms with Crippen LogP contribution in [0.4, 0.5) is 0 Å². The van der Waals surface area contributed by atoms with Gasteiger partial charge in [-0.25, -0.2) is 0 Å². The Labute approximate surface area is 64.4 Å². The van der Waals surface area contributed by atoms with Crippen molar-refractivity contribution in [1.82, 2.24) is 0 Å². The molecule has 0 saturated carbocycles. The van der Waals surface area contributed by atoms with Gasteiger partial charge in [0.15, 0.2) is 0 Å². The largest absolute Gasteiger partial charge is 0.481 e. The molecule has 0 aromatic carbocycles. The van der Waals surface area contributed by atoms with Crippen LogP contribution in [0.1, 0.15) is 26.7 Å². The van der Waals surface area contributed by atoms with Gasteiger partial charge in [0.1, 0.15) is 0 Å². The number of carbonyl (C=O) groups is 1. The summed E-state index contributed by atoms with van der Waals surface area (Å²) >= 11 is 3.11. The maximum absolute atomic E-state index is 9.74. The van der Waals surface area contributed by atoms with E-state index in [0.717, 1.165) is 11.8 Å². The molecule has 0 rings (SSSR count). The Morgan fingerprint density at radius 1 is 1.56 bits per heavy atom. The summed E-state index contributed by atoms with van der Waals surface area (Å²) in [6, 6.07) is 0. The first-order valence-electron chi connectivity index (χ1n) is 3.05. The zero-order valence-corrected chi connectivity index (χ0v) is 7.44. The number of hydrogen-bond acceptors (Lipinski definition) is 1. The molecule has 0 atom stereocenters. The normalized spacial score (nSPS) is 7.44. The molecule has 0 radical (unpaired) electrons. The van der Waals surface area contributed by atoms with E-state index in [-0.39, 0.29) is 6.42 Å². The molecule has 0 unspecified atom stereocenters. The van der Waals surface area contributed by atoms with Gasteiger partial charge in [-0.2, -0.15) is 0 Å². The van der Waals surface area contributed by atoms with E-state index in [4.69, 9.17) is 5.11 Å². The van der Waals surface area contributed by atoms with Crippen LogP contribution in [-0.2, 0) is 4.79 Å². The second-order valence-electron chi connectivity index (χ2n) is 1.19. The number of alkyl halides is 1. The summed E-state index contributed by atoms with van der Waals surface area (Å²) in [4.78, 5) is 9.74. The van der Waals surface area contributed by atoms with Crippen LogP contribution in [0.3, 0.4) is 0 Å². The Kier molecular flexibility index (Phi) is 14.1. The van der Waals surface area contributed by atoms with E-state index >= 15 is 0 Å². The number of carboxylic acid groups (broad SMARTS) is 1. The first kappa shape index (κ1) is 11.7. The molecule has 0 aromatic rings. The molecule has 56 valence electrons. The summed E-state index contributed by atoms with van der Waals surface area (Å²) in [7, 11) is 0. The van der Waals surface area contributed by atoms with E-state index < -0.39 is 5.97 Å². The van der Waals surface area contributed by atoms with Crippen LogP contribution in [0.2, 0.25) is 0 Å². The number of halogens is 1. The molecular weight excluding hydrogens is 184 g/mol. The molecular formula is C6H13BrO2. The number of hydrogen-bond donors (Lipinski definition) is 1. The molecule has 0 amide bonds. The van der Waals surface area contributed by atoms with Gasteiger partial charge >= 0.3 is 5.97 Å². The number of rotatable bonds is 3. The Hall–Kier alpha value is -0.0500. The van der Waals surface area contributed by atoms with Crippen molar-refractivity contribution in [2.45, 2.75) is 26.7 Å². The minimum Gasteiger partial charge on any atom is -0.481 e. The van der Waals surface area contributed by atoms with E-state index in [1.807, 2.05) is 13.8 Å². The Bertz CT molecular complexity index is 64.1. The third-order valence-corrected chi connectivity index (χ3v) is 1.09. The number of carboxylic acids is 1. The SMILES string of the molecule is CC.O=C(O)CCCBr. The fraction of sp³-hybridized carbons (Fsp3) is 0.833. The Morgan fingerprint density at radius 2 is 2.00 bits per heavy atom. The van der Waals surface area contributed by atoms with Crippen LogP contribution in [0, 0.1) is 0 Å². The van der Waals surface area contributed by atoms with Crippen LogP contribution in [0.15, 0.2) is 0 Å². The highest BCUT2D eigenvalue weighted by Crippen LogP contribution is 1.91. The molecule has 3 heteroatoms. The predicted molar refractivity (Wildman–Crippen MR) is 42.0 cm³/mol. The van der Waals surface area contributed by atoms with E-state index in [1.165, 1.54) is 0 Å². The highest BCUT2D eigenvalue weighted by molar-refractivity contribution is 9.09. The van der Waals surface area contributed by atoms with Gasteiger partial charge < -0.3 is 5.11 Å². The highest BCUT2D eigenvalue weighted by atomic mass is 79.9. The van der Waals surface area contributed by atoms with Gasteiger partial charge in [-0.05, 0) is 6.42 Å². The summed E-state index contributed by atoms with van der Waals surface area (Å²) < 4.78 is 0. The molecule has 9 heavy (non-hydrogen) atoms. The monoisotopic (exact) mass is 196 g/mol. The quantitative estimate of drug-likeness (QED) is 0.704. The van der Waals surface area contributed by atoms with Crippen LogP contribution < -0.4 is 0 Å². The van der Waals surface area contributed by atoms with Crippen molar-refractivity contribution in [2.24, 2.45) is 0 Å². The number of aliphatic carboxylic acids is 1. The average molecular weight is 197 g/mol. The van der Waals surface area contributed by atoms with E-state index in [2.05, 4.69) is 15.9 Å². The second kappa shape index (κ2) is 10.8. The first-order chi connectivity index (χ1) is 4.27. The molecule has 2 nitrogen and oxygen atoms in total. The minimum absolute atomic E-state index is 0.269. The maximum atomic E-state index is 9.74. The lowest BCUT2D eigenvalue weighted by Gasteiger charge is -1.84. The van der Waals surface area contributed by atoms with Gasteiger partial charge in [-0.3, -0.25) is 4.79 Å². The van der Waals surface area contributed by atoms with Gasteiger partial charge in [-0.1, -0.05) is 29.8 Å². The fourth-order valence-electron chi connectivity index (χ4n) is 0.218. The van der Waals surface area contributed by atoms with Crippen molar-refractivity contribution in [2.75, 3.05) is 5.33 Å². The van der Waals surface area contributed by atoms with Crippen LogP contribution in [0.5, 0.6) is 0 Å². The topological polar surface area (TPSA) is 37.3 Å². The van der Waals surface area contributed by atoms with E-state index in [1.54, 1.807) is 0 Å². The van der Waals surface area contributed by atoms with Crippen LogP contribution >= 0.6 is 15.9 Å². The van der Waals surface area contributed by atoms with Crippen molar-refractivity contribution < 1.29 is 9.90 Å². The summed E-state index contributed by atoms with van der Waals surface area (Å²) in [5.41, 5.74) is 0. The van der Waals surface area contributed by atoms with E-state index in [9.17, 15) is 4.79 Å². The molecule has 0 aliphatic rings. The van der Waals surface area contributed by atoms with Crippen LogP contribution in [0.25, 0.3) is 0 Å². The molecule has 1 N–H and O–H groups in total. The summed E-state index contributed by atoms with van der Waals surface area (Å²) in [5.74, 6) is -0.723. The summed E-state index contributed by atoms with van der Waals surface area (Å²) in [5, 5.41) is 8.80. The highest BCUT2D eigenvalue weighted by Gasteiger charge is 1.91. The van der Waals surface area contributed by atoms with Gasteiger partial charge in [-0.15, -0.1) is 0 Å². The second-order valence-corrected chi connectivity index (χ2v) is 1.98. The Balaban J connectivity index is 0. The van der Waals surface area contributed by atoms with Gasteiger partial charge in [0, 0.05) is 11.8 Å². The molecule has 0 saturated heterocycles. The van der Waals surface area contributed by atoms with Crippen molar-refractivity contribution in [3.05, 3.63) is 0 Å². The lowest BCUT2D eigenvalue weighted by Crippen LogP contribution is -1.93. The fourth-order valence-corrected chi connectivity index (χ4v) is 0.498. The summed E-state index contributed by atoms with van der Waals surface area (Å²) in [6.45, 7) is 4.00. The Morgan fingerprint density at radius 3 is 2.11 bits per heavy atom. The maximum Gasteiger partial charge on any atom is 0.303 e. The van der Waals surface area contributed by atoms with Gasteiger partial charge in [0.05, 0.1) is 0 Å². The third-order valence-electron chi connectivity index (χ3n) is 0.524. The predicted octanol–water partition coefficient (Wildman–Crippen LogP) is 2.27. The lowest BCUT2D eigenvalue weighted by atomic mass is 10.3. The molecule has 0 bridgehead atoms. The van der Waals surface area contributed by atoms with Crippen molar-refractivity contribution in [1.29, 1.82) is 0 Å². The van der Waals surface area contributed by atoms with Crippen LogP contribution in [-0.4, -0.2) is 16.4 Å². The minimum atomic E-state index is -0.723. The first-order valence-corrected chi connectivity index (χ1v) is 4.17. The third kappa shape index (κ3) is 18.0. The smallest absolute Gasteiger partial charge is 0.303 e. The molecule has 0 aliphatic heterocycles. The van der Waals surface area contributed by atoms with E-state index in [0.29, 0.717) is 0 Å². The molecule has 0 spiro atoms. The van der Waals surface area contributed by atoms with Crippen molar-refractivity contribution >= 4 is 21.9 Å². The van der Waals surface area contributed by atoms with Gasteiger partial charge in [0.25, 0.3) is 0 Å². The standard InChI is InChI=1S/C4H7BrO2.C2H6/c5-3-1-2-4(6)7;1-2/h1-3H2,(H,6,7);1-2H3. The average Bonchev–Trinajstić information content (AvgIpc) is 1.88. The van der Waals surface area contributed by atoms with Crippen molar-refractivity contribution in [3.8, 4) is 0 Å². The molecule has 0 aromatic heterocycles. The lowest BCUT2D eigenvalue weighted by molar-refractivity contribution is -0.137. The van der Waals surface area contributed by atoms with Crippen molar-refractivity contribution in [3.63, 3.8) is 0 Å². The molecule has 0 fully saturated rings.